The number of piperazine rings is 1. The average molecular weight is 375 g/mol. The number of aliphatic imine (C=N–C) groups is 1. The van der Waals surface area contributed by atoms with Crippen LogP contribution >= 0.6 is 0 Å². The number of guanidine groups is 1. The van der Waals surface area contributed by atoms with Gasteiger partial charge in [0.15, 0.2) is 5.96 Å². The summed E-state index contributed by atoms with van der Waals surface area (Å²) in [5.41, 5.74) is 0. The number of likely N-dealkylation sites (tertiary alicyclic amines) is 1. The van der Waals surface area contributed by atoms with Gasteiger partial charge in [-0.2, -0.15) is 0 Å². The standard InChI is InChI=1S/C18H29N7O2/c1-2-19-17(25-9-5-15(26)14-25)22-8-4-16(27)23-10-12-24(13-11-23)18-20-6-3-7-21-18/h3,6-7,15,26H,2,4-5,8-14H2,1H3,(H,19,22)/t15-/m1/s1. The summed E-state index contributed by atoms with van der Waals surface area (Å²) in [6.07, 6.45) is 4.34. The molecule has 9 heteroatoms. The van der Waals surface area contributed by atoms with Gasteiger partial charge in [-0.1, -0.05) is 0 Å². The van der Waals surface area contributed by atoms with Gasteiger partial charge in [0, 0.05) is 64.6 Å². The van der Waals surface area contributed by atoms with E-state index in [0.29, 0.717) is 32.6 Å². The van der Waals surface area contributed by atoms with E-state index in [4.69, 9.17) is 0 Å². The van der Waals surface area contributed by atoms with Crippen LogP contribution in [0.1, 0.15) is 19.8 Å². The molecule has 2 N–H and O–H groups in total. The maximum Gasteiger partial charge on any atom is 0.225 e. The third-order valence-electron chi connectivity index (χ3n) is 4.85. The Bertz CT molecular complexity index is 632. The van der Waals surface area contributed by atoms with Gasteiger partial charge in [-0.3, -0.25) is 9.79 Å². The highest BCUT2D eigenvalue weighted by atomic mass is 16.3. The molecule has 2 aliphatic rings. The fraction of sp³-hybridized carbons (Fsp3) is 0.667. The van der Waals surface area contributed by atoms with Crippen LogP contribution in [0.5, 0.6) is 0 Å². The second-order valence-electron chi connectivity index (χ2n) is 6.79. The molecule has 9 nitrogen and oxygen atoms in total. The number of amides is 1. The highest BCUT2D eigenvalue weighted by Gasteiger charge is 2.24. The molecule has 2 aliphatic heterocycles. The van der Waals surface area contributed by atoms with Crippen molar-refractivity contribution in [1.82, 2.24) is 25.1 Å². The van der Waals surface area contributed by atoms with Crippen LogP contribution in [0.4, 0.5) is 5.95 Å². The molecule has 148 valence electrons. The summed E-state index contributed by atoms with van der Waals surface area (Å²) in [7, 11) is 0. The van der Waals surface area contributed by atoms with Crippen molar-refractivity contribution in [3.05, 3.63) is 18.5 Å². The number of β-amino-alcohol motifs (C(OH)–C–C–N with tert-alkyl or cyclic N) is 1. The number of hydrogen-bond donors (Lipinski definition) is 2. The molecule has 0 radical (unpaired) electrons. The van der Waals surface area contributed by atoms with Gasteiger partial charge < -0.3 is 25.1 Å². The SMILES string of the molecule is CCNC(=NCCC(=O)N1CCN(c2ncccn2)CC1)N1CC[C@@H](O)C1. The molecule has 0 unspecified atom stereocenters. The highest BCUT2D eigenvalue weighted by molar-refractivity contribution is 5.81. The van der Waals surface area contributed by atoms with E-state index in [0.717, 1.165) is 44.5 Å². The van der Waals surface area contributed by atoms with Crippen LogP contribution < -0.4 is 10.2 Å². The van der Waals surface area contributed by atoms with E-state index < -0.39 is 0 Å². The minimum absolute atomic E-state index is 0.129. The van der Waals surface area contributed by atoms with Crippen molar-refractivity contribution < 1.29 is 9.90 Å². The third kappa shape index (κ3) is 5.29. The molecular weight excluding hydrogens is 346 g/mol. The molecule has 1 aromatic rings. The maximum absolute atomic E-state index is 12.5. The molecular formula is C18H29N7O2. The van der Waals surface area contributed by atoms with E-state index in [1.807, 2.05) is 11.8 Å². The van der Waals surface area contributed by atoms with Crippen LogP contribution in [0.25, 0.3) is 0 Å². The summed E-state index contributed by atoms with van der Waals surface area (Å²) >= 11 is 0. The Labute approximate surface area is 160 Å². The maximum atomic E-state index is 12.5. The largest absolute Gasteiger partial charge is 0.391 e. The molecule has 1 aromatic heterocycles. The van der Waals surface area contributed by atoms with Crippen molar-refractivity contribution in [3.63, 3.8) is 0 Å². The zero-order valence-corrected chi connectivity index (χ0v) is 15.9. The zero-order valence-electron chi connectivity index (χ0n) is 15.9. The number of anilines is 1. The number of nitrogens with zero attached hydrogens (tertiary/aromatic N) is 6. The number of aliphatic hydroxyl groups excluding tert-OH is 1. The van der Waals surface area contributed by atoms with E-state index in [9.17, 15) is 9.90 Å². The Hall–Kier alpha value is -2.42. The van der Waals surface area contributed by atoms with Gasteiger partial charge in [0.1, 0.15) is 0 Å². The molecule has 0 bridgehead atoms. The summed E-state index contributed by atoms with van der Waals surface area (Å²) in [6.45, 7) is 7.48. The van der Waals surface area contributed by atoms with E-state index in [-0.39, 0.29) is 12.0 Å². The fourth-order valence-corrected chi connectivity index (χ4v) is 3.39. The quantitative estimate of drug-likeness (QED) is 0.531. The molecule has 0 saturated carbocycles. The first-order valence-corrected chi connectivity index (χ1v) is 9.68. The smallest absolute Gasteiger partial charge is 0.225 e. The van der Waals surface area contributed by atoms with Crippen LogP contribution in [0, 0.1) is 0 Å². The number of aromatic nitrogens is 2. The van der Waals surface area contributed by atoms with E-state index in [1.54, 1.807) is 18.5 Å². The number of carbonyl (C=O) groups is 1. The van der Waals surface area contributed by atoms with Crippen LogP contribution in [0.2, 0.25) is 0 Å². The molecule has 1 atom stereocenters. The molecule has 2 saturated heterocycles. The second kappa shape index (κ2) is 9.50. The topological polar surface area (TPSA) is 97.2 Å². The van der Waals surface area contributed by atoms with Gasteiger partial charge in [-0.15, -0.1) is 0 Å². The minimum Gasteiger partial charge on any atom is -0.391 e. The van der Waals surface area contributed by atoms with Gasteiger partial charge in [0.05, 0.1) is 12.6 Å². The Morgan fingerprint density at radius 2 is 1.96 bits per heavy atom. The predicted molar refractivity (Wildman–Crippen MR) is 104 cm³/mol. The number of hydrogen-bond acceptors (Lipinski definition) is 6. The van der Waals surface area contributed by atoms with Gasteiger partial charge in [-0.25, -0.2) is 9.97 Å². The summed E-state index contributed by atoms with van der Waals surface area (Å²) in [6, 6.07) is 1.80. The monoisotopic (exact) mass is 375 g/mol. The van der Waals surface area contributed by atoms with Crippen LogP contribution in [-0.2, 0) is 4.79 Å². The normalized spacial score (nSPS) is 20.9. The molecule has 0 spiro atoms. The predicted octanol–water partition coefficient (Wildman–Crippen LogP) is -0.453. The van der Waals surface area contributed by atoms with E-state index in [2.05, 4.69) is 30.1 Å². The molecule has 0 aromatic carbocycles. The summed E-state index contributed by atoms with van der Waals surface area (Å²) in [5, 5.41) is 12.9. The zero-order chi connectivity index (χ0) is 19.1. The lowest BCUT2D eigenvalue weighted by Gasteiger charge is -2.34. The van der Waals surface area contributed by atoms with Crippen molar-refractivity contribution in [1.29, 1.82) is 0 Å². The van der Waals surface area contributed by atoms with Crippen molar-refractivity contribution in [2.75, 3.05) is 57.3 Å². The number of aliphatic hydroxyl groups is 1. The second-order valence-corrected chi connectivity index (χ2v) is 6.79. The van der Waals surface area contributed by atoms with Crippen LogP contribution in [0.3, 0.4) is 0 Å². The summed E-state index contributed by atoms with van der Waals surface area (Å²) < 4.78 is 0. The van der Waals surface area contributed by atoms with Crippen LogP contribution in [0.15, 0.2) is 23.5 Å². The highest BCUT2D eigenvalue weighted by Crippen LogP contribution is 2.11. The Kier molecular flexibility index (Phi) is 6.80. The van der Waals surface area contributed by atoms with Gasteiger partial charge in [-0.05, 0) is 19.4 Å². The lowest BCUT2D eigenvalue weighted by molar-refractivity contribution is -0.131. The molecule has 3 rings (SSSR count). The Morgan fingerprint density at radius 1 is 1.22 bits per heavy atom. The molecule has 3 heterocycles. The first-order valence-electron chi connectivity index (χ1n) is 9.68. The number of carbonyl (C=O) groups excluding carboxylic acids is 1. The Morgan fingerprint density at radius 3 is 2.59 bits per heavy atom. The van der Waals surface area contributed by atoms with E-state index >= 15 is 0 Å². The lowest BCUT2D eigenvalue weighted by atomic mass is 10.3. The van der Waals surface area contributed by atoms with Crippen molar-refractivity contribution in [3.8, 4) is 0 Å². The van der Waals surface area contributed by atoms with Gasteiger partial charge >= 0.3 is 0 Å². The minimum atomic E-state index is -0.291. The summed E-state index contributed by atoms with van der Waals surface area (Å²) in [4.78, 5) is 31.6. The van der Waals surface area contributed by atoms with Crippen molar-refractivity contribution >= 4 is 17.8 Å². The summed E-state index contributed by atoms with van der Waals surface area (Å²) in [5.74, 6) is 1.63. The van der Waals surface area contributed by atoms with Crippen LogP contribution in [-0.4, -0.2) is 95.2 Å². The Balaban J connectivity index is 1.45. The first-order chi connectivity index (χ1) is 13.2. The molecule has 2 fully saturated rings. The number of rotatable bonds is 5. The van der Waals surface area contributed by atoms with Crippen molar-refractivity contribution in [2.45, 2.75) is 25.9 Å². The van der Waals surface area contributed by atoms with Gasteiger partial charge in [0.25, 0.3) is 0 Å². The fourth-order valence-electron chi connectivity index (χ4n) is 3.39. The third-order valence-corrected chi connectivity index (χ3v) is 4.85. The average Bonchev–Trinajstić information content (AvgIpc) is 3.14. The van der Waals surface area contributed by atoms with E-state index in [1.165, 1.54) is 0 Å². The lowest BCUT2D eigenvalue weighted by Crippen LogP contribution is -2.49. The first kappa shape index (κ1) is 19.3. The molecule has 0 aliphatic carbocycles. The number of nitrogens with one attached hydrogen (secondary N) is 1. The molecule has 1 amide bonds. The molecule has 27 heavy (non-hydrogen) atoms. The van der Waals surface area contributed by atoms with Crippen molar-refractivity contribution in [2.24, 2.45) is 4.99 Å². The van der Waals surface area contributed by atoms with Gasteiger partial charge in [0.2, 0.25) is 11.9 Å².